The first-order valence-corrected chi connectivity index (χ1v) is 3.92. The fraction of sp³-hybridized carbons (Fsp3) is 0.333. The van der Waals surface area contributed by atoms with E-state index < -0.39 is 0 Å². The molecule has 0 fully saturated rings. The molecule has 66 valence electrons. The van der Waals surface area contributed by atoms with E-state index in [2.05, 4.69) is 5.32 Å². The zero-order chi connectivity index (χ0) is 8.97. The van der Waals surface area contributed by atoms with E-state index in [-0.39, 0.29) is 12.6 Å². The Labute approximate surface area is 72.2 Å². The third-order valence-electron chi connectivity index (χ3n) is 1.82. The Hall–Kier alpha value is -1.06. The highest BCUT2D eigenvalue weighted by Gasteiger charge is 2.02. The summed E-state index contributed by atoms with van der Waals surface area (Å²) >= 11 is 0. The molecule has 0 heterocycles. The van der Waals surface area contributed by atoms with Crippen LogP contribution in [0.3, 0.4) is 0 Å². The molecule has 0 radical (unpaired) electrons. The van der Waals surface area contributed by atoms with Crippen LogP contribution in [-0.2, 0) is 0 Å². The van der Waals surface area contributed by atoms with E-state index >= 15 is 0 Å². The molecule has 1 aromatic carbocycles. The van der Waals surface area contributed by atoms with Crippen LogP contribution in [0.5, 0.6) is 0 Å². The van der Waals surface area contributed by atoms with Gasteiger partial charge in [0.2, 0.25) is 0 Å². The fourth-order valence-corrected chi connectivity index (χ4v) is 1.00. The minimum atomic E-state index is -0.268. The average molecular weight is 166 g/mol. The molecule has 4 N–H and O–H groups in total. The van der Waals surface area contributed by atoms with E-state index in [1.165, 1.54) is 0 Å². The second-order valence-corrected chi connectivity index (χ2v) is 2.66. The van der Waals surface area contributed by atoms with Gasteiger partial charge in [0, 0.05) is 12.7 Å². The van der Waals surface area contributed by atoms with Gasteiger partial charge in [0.25, 0.3) is 0 Å². The second-order valence-electron chi connectivity index (χ2n) is 2.66. The lowest BCUT2D eigenvalue weighted by molar-refractivity contribution is 0.268. The van der Waals surface area contributed by atoms with Gasteiger partial charge in [-0.2, -0.15) is 0 Å². The number of benzene rings is 1. The largest absolute Gasteiger partial charge is 0.394 e. The van der Waals surface area contributed by atoms with Gasteiger partial charge < -0.3 is 16.2 Å². The van der Waals surface area contributed by atoms with Crippen molar-refractivity contribution in [3.63, 3.8) is 0 Å². The Bertz CT molecular complexity index is 233. The first-order valence-electron chi connectivity index (χ1n) is 3.92. The Morgan fingerprint density at radius 3 is 2.42 bits per heavy atom. The third kappa shape index (κ3) is 1.96. The molecule has 0 amide bonds. The maximum atomic E-state index is 8.77. The maximum absolute atomic E-state index is 8.77. The molecule has 0 aliphatic rings. The molecule has 0 aliphatic carbocycles. The van der Waals surface area contributed by atoms with Crippen LogP contribution in [-0.4, -0.2) is 18.8 Å². The summed E-state index contributed by atoms with van der Waals surface area (Å²) in [6.07, 6.45) is 0. The molecule has 1 aromatic rings. The molecule has 1 rings (SSSR count). The smallest absolute Gasteiger partial charge is 0.0624 e. The summed E-state index contributed by atoms with van der Waals surface area (Å²) in [6.45, 7) is -0.0150. The molecule has 0 aliphatic heterocycles. The monoisotopic (exact) mass is 166 g/mol. The quantitative estimate of drug-likeness (QED) is 0.620. The van der Waals surface area contributed by atoms with Crippen molar-refractivity contribution in [3.05, 3.63) is 29.8 Å². The van der Waals surface area contributed by atoms with Gasteiger partial charge in [-0.3, -0.25) is 0 Å². The van der Waals surface area contributed by atoms with E-state index in [4.69, 9.17) is 10.8 Å². The summed E-state index contributed by atoms with van der Waals surface area (Å²) in [5, 5.41) is 11.8. The van der Waals surface area contributed by atoms with Gasteiger partial charge in [-0.15, -0.1) is 0 Å². The molecular weight excluding hydrogens is 152 g/mol. The summed E-state index contributed by atoms with van der Waals surface area (Å²) < 4.78 is 0. The lowest BCUT2D eigenvalue weighted by Crippen LogP contribution is -2.14. The number of aliphatic hydroxyl groups excluding tert-OH is 1. The molecule has 12 heavy (non-hydrogen) atoms. The van der Waals surface area contributed by atoms with Crippen LogP contribution >= 0.6 is 0 Å². The Balaban J connectivity index is 2.77. The maximum Gasteiger partial charge on any atom is 0.0624 e. The van der Waals surface area contributed by atoms with Crippen LogP contribution in [0.1, 0.15) is 11.6 Å². The average Bonchev–Trinajstić information content (AvgIpc) is 2.17. The first kappa shape index (κ1) is 9.03. The number of rotatable bonds is 3. The van der Waals surface area contributed by atoms with Crippen LogP contribution in [0, 0.1) is 0 Å². The molecular formula is C9H14N2O. The topological polar surface area (TPSA) is 58.3 Å². The number of anilines is 1. The third-order valence-corrected chi connectivity index (χ3v) is 1.82. The summed E-state index contributed by atoms with van der Waals surface area (Å²) in [6, 6.07) is 7.42. The zero-order valence-electron chi connectivity index (χ0n) is 7.12. The lowest BCUT2D eigenvalue weighted by atomic mass is 10.1. The van der Waals surface area contributed by atoms with Gasteiger partial charge in [-0.05, 0) is 17.7 Å². The number of hydrogen-bond donors (Lipinski definition) is 3. The van der Waals surface area contributed by atoms with Crippen molar-refractivity contribution >= 4 is 5.69 Å². The van der Waals surface area contributed by atoms with Crippen LogP contribution in [0.4, 0.5) is 5.69 Å². The molecule has 0 aromatic heterocycles. The summed E-state index contributed by atoms with van der Waals surface area (Å²) in [5.74, 6) is 0. The van der Waals surface area contributed by atoms with E-state index in [0.717, 1.165) is 11.3 Å². The van der Waals surface area contributed by atoms with Crippen LogP contribution in [0.25, 0.3) is 0 Å². The van der Waals surface area contributed by atoms with Crippen molar-refractivity contribution in [3.8, 4) is 0 Å². The fourth-order valence-electron chi connectivity index (χ4n) is 1.00. The second kappa shape index (κ2) is 4.09. The van der Waals surface area contributed by atoms with Crippen molar-refractivity contribution in [1.82, 2.24) is 0 Å². The highest BCUT2D eigenvalue weighted by atomic mass is 16.3. The van der Waals surface area contributed by atoms with Crippen molar-refractivity contribution in [2.24, 2.45) is 5.73 Å². The summed E-state index contributed by atoms with van der Waals surface area (Å²) in [5.41, 5.74) is 7.62. The van der Waals surface area contributed by atoms with Crippen molar-refractivity contribution < 1.29 is 5.11 Å². The van der Waals surface area contributed by atoms with Gasteiger partial charge in [0.05, 0.1) is 12.6 Å². The molecule has 0 unspecified atom stereocenters. The van der Waals surface area contributed by atoms with Crippen LogP contribution in [0.15, 0.2) is 24.3 Å². The summed E-state index contributed by atoms with van der Waals surface area (Å²) in [4.78, 5) is 0. The number of hydrogen-bond acceptors (Lipinski definition) is 3. The van der Waals surface area contributed by atoms with Crippen molar-refractivity contribution in [2.45, 2.75) is 6.04 Å². The van der Waals surface area contributed by atoms with Crippen LogP contribution < -0.4 is 11.1 Å². The Morgan fingerprint density at radius 1 is 1.42 bits per heavy atom. The number of nitrogens with one attached hydrogen (secondary N) is 1. The molecule has 3 nitrogen and oxygen atoms in total. The molecule has 1 atom stereocenters. The standard InChI is InChI=1S/C9H14N2O/c1-11-8-4-2-7(3-5-8)9(10)6-12/h2-5,9,11-12H,6,10H2,1H3/t9-/m0/s1. The Kier molecular flexibility index (Phi) is 3.08. The number of nitrogens with two attached hydrogens (primary N) is 1. The van der Waals surface area contributed by atoms with Gasteiger partial charge in [-0.1, -0.05) is 12.1 Å². The van der Waals surface area contributed by atoms with Crippen molar-refractivity contribution in [2.75, 3.05) is 19.0 Å². The van der Waals surface area contributed by atoms with Gasteiger partial charge >= 0.3 is 0 Å². The molecule has 0 saturated heterocycles. The zero-order valence-corrected chi connectivity index (χ0v) is 7.12. The molecule has 3 heteroatoms. The van der Waals surface area contributed by atoms with Gasteiger partial charge in [-0.25, -0.2) is 0 Å². The Morgan fingerprint density at radius 2 is 2.00 bits per heavy atom. The first-order chi connectivity index (χ1) is 5.77. The summed E-state index contributed by atoms with van der Waals surface area (Å²) in [7, 11) is 1.86. The van der Waals surface area contributed by atoms with E-state index in [1.807, 2.05) is 31.3 Å². The van der Waals surface area contributed by atoms with E-state index in [9.17, 15) is 0 Å². The normalized spacial score (nSPS) is 12.6. The SMILES string of the molecule is CNc1ccc([C@@H](N)CO)cc1. The van der Waals surface area contributed by atoms with Crippen molar-refractivity contribution in [1.29, 1.82) is 0 Å². The highest BCUT2D eigenvalue weighted by molar-refractivity contribution is 5.44. The minimum absolute atomic E-state index is 0.0150. The lowest BCUT2D eigenvalue weighted by Gasteiger charge is -2.08. The number of aliphatic hydroxyl groups is 1. The highest BCUT2D eigenvalue weighted by Crippen LogP contribution is 2.13. The van der Waals surface area contributed by atoms with Gasteiger partial charge in [0.15, 0.2) is 0 Å². The molecule has 0 saturated carbocycles. The predicted molar refractivity (Wildman–Crippen MR) is 50.0 cm³/mol. The van der Waals surface area contributed by atoms with E-state index in [1.54, 1.807) is 0 Å². The van der Waals surface area contributed by atoms with Gasteiger partial charge in [0.1, 0.15) is 0 Å². The van der Waals surface area contributed by atoms with Crippen LogP contribution in [0.2, 0.25) is 0 Å². The minimum Gasteiger partial charge on any atom is -0.394 e. The van der Waals surface area contributed by atoms with E-state index in [0.29, 0.717) is 0 Å². The molecule has 0 bridgehead atoms. The predicted octanol–water partition coefficient (Wildman–Crippen LogP) is 0.720. The molecule has 0 spiro atoms.